The summed E-state index contributed by atoms with van der Waals surface area (Å²) < 4.78 is 11.8. The number of ether oxygens (including phenoxy) is 2. The molecule has 1 atom stereocenters. The number of nitrogens with one attached hydrogen (secondary N) is 2. The highest BCUT2D eigenvalue weighted by Crippen LogP contribution is 2.42. The van der Waals surface area contributed by atoms with Crippen molar-refractivity contribution in [3.63, 3.8) is 0 Å². The molecule has 1 aliphatic heterocycles. The maximum absolute atomic E-state index is 12.6. The van der Waals surface area contributed by atoms with Crippen molar-refractivity contribution in [3.8, 4) is 17.2 Å². The van der Waals surface area contributed by atoms with Crippen LogP contribution in [0.1, 0.15) is 18.1 Å². The van der Waals surface area contributed by atoms with Crippen molar-refractivity contribution >= 4 is 63.4 Å². The summed E-state index contributed by atoms with van der Waals surface area (Å²) in [6, 6.07) is 14.5. The zero-order valence-corrected chi connectivity index (χ0v) is 23.1. The minimum atomic E-state index is -0.751. The molecule has 0 radical (unpaired) electrons. The summed E-state index contributed by atoms with van der Waals surface area (Å²) in [6.07, 6.45) is 2.66. The molecule has 1 fully saturated rings. The van der Waals surface area contributed by atoms with Gasteiger partial charge in [0.25, 0.3) is 11.6 Å². The van der Waals surface area contributed by atoms with E-state index in [9.17, 15) is 25.0 Å². The molecule has 0 spiro atoms. The molecule has 0 aliphatic carbocycles. The number of nitrogens with zero attached hydrogens (tertiary/aromatic N) is 2. The number of halogens is 1. The molecule has 0 unspecified atom stereocenters. The summed E-state index contributed by atoms with van der Waals surface area (Å²) in [5.74, 6) is 0.0688. The van der Waals surface area contributed by atoms with Crippen LogP contribution in [-0.2, 0) is 11.2 Å². The van der Waals surface area contributed by atoms with Crippen LogP contribution in [0.25, 0.3) is 6.08 Å². The summed E-state index contributed by atoms with van der Waals surface area (Å²) in [7, 11) is 1.42. The first-order chi connectivity index (χ1) is 18.2. The van der Waals surface area contributed by atoms with Gasteiger partial charge in [-0.25, -0.2) is 0 Å². The third-order valence-electron chi connectivity index (χ3n) is 5.50. The van der Waals surface area contributed by atoms with Crippen LogP contribution in [0.3, 0.4) is 0 Å². The van der Waals surface area contributed by atoms with Crippen molar-refractivity contribution in [1.82, 2.24) is 5.32 Å². The lowest BCUT2D eigenvalue weighted by Gasteiger charge is -2.14. The van der Waals surface area contributed by atoms with Gasteiger partial charge in [0.1, 0.15) is 0 Å². The van der Waals surface area contributed by atoms with Crippen LogP contribution in [0.15, 0.2) is 59.5 Å². The Morgan fingerprint density at radius 2 is 1.82 bits per heavy atom. The Labute approximate surface area is 235 Å². The average Bonchev–Trinajstić information content (AvgIpc) is 3.23. The van der Waals surface area contributed by atoms with Crippen LogP contribution in [0.4, 0.5) is 17.1 Å². The highest BCUT2D eigenvalue weighted by atomic mass is 127. The van der Waals surface area contributed by atoms with Crippen LogP contribution in [0, 0.1) is 23.8 Å². The largest absolute Gasteiger partial charge is 0.493 e. The number of nitro benzene ring substituents is 2. The number of hydrogen-bond acceptors (Lipinski definition) is 9. The van der Waals surface area contributed by atoms with Gasteiger partial charge in [-0.2, -0.15) is 0 Å². The van der Waals surface area contributed by atoms with Gasteiger partial charge in [0.15, 0.2) is 17.0 Å². The van der Waals surface area contributed by atoms with E-state index in [1.165, 1.54) is 30.5 Å². The monoisotopic (exact) mass is 648 g/mol. The van der Waals surface area contributed by atoms with Gasteiger partial charge in [-0.3, -0.25) is 25.0 Å². The Hall–Kier alpha value is -3.85. The second-order valence-electron chi connectivity index (χ2n) is 7.98. The molecule has 11 nitrogen and oxygen atoms in total. The highest BCUT2D eigenvalue weighted by Gasteiger charge is 2.28. The molecule has 13 heteroatoms. The molecule has 1 aliphatic rings. The van der Waals surface area contributed by atoms with E-state index in [0.717, 1.165) is 24.2 Å². The van der Waals surface area contributed by atoms with Gasteiger partial charge in [-0.1, -0.05) is 30.8 Å². The normalized spacial score (nSPS) is 15.7. The van der Waals surface area contributed by atoms with Crippen molar-refractivity contribution in [2.24, 2.45) is 0 Å². The fourth-order valence-corrected chi connectivity index (χ4v) is 5.31. The molecule has 0 bridgehead atoms. The van der Waals surface area contributed by atoms with E-state index >= 15 is 0 Å². The number of benzene rings is 3. The number of hydrogen-bond donors (Lipinski definition) is 2. The van der Waals surface area contributed by atoms with E-state index in [1.807, 2.05) is 46.9 Å². The zero-order valence-electron chi connectivity index (χ0n) is 20.1. The van der Waals surface area contributed by atoms with E-state index in [2.05, 4.69) is 17.6 Å². The second kappa shape index (κ2) is 11.7. The van der Waals surface area contributed by atoms with Gasteiger partial charge in [0.2, 0.25) is 5.75 Å². The number of carbonyl (C=O) groups excluding carboxylic acids is 1. The van der Waals surface area contributed by atoms with E-state index in [-0.39, 0.29) is 28.7 Å². The lowest BCUT2D eigenvalue weighted by atomic mass is 10.1. The minimum Gasteiger partial charge on any atom is -0.493 e. The van der Waals surface area contributed by atoms with Crippen LogP contribution in [-0.4, -0.2) is 28.4 Å². The summed E-state index contributed by atoms with van der Waals surface area (Å²) in [6.45, 7) is 2.08. The van der Waals surface area contributed by atoms with Gasteiger partial charge in [-0.05, 0) is 76.5 Å². The van der Waals surface area contributed by atoms with E-state index in [0.29, 0.717) is 14.0 Å². The first-order valence-electron chi connectivity index (χ1n) is 11.2. The summed E-state index contributed by atoms with van der Waals surface area (Å²) in [5, 5.41) is 28.7. The van der Waals surface area contributed by atoms with Crippen molar-refractivity contribution in [2.75, 3.05) is 12.4 Å². The number of methoxy groups -OCH3 is 1. The van der Waals surface area contributed by atoms with Crippen LogP contribution in [0.2, 0.25) is 0 Å². The first kappa shape index (κ1) is 27.2. The van der Waals surface area contributed by atoms with E-state index < -0.39 is 21.2 Å². The van der Waals surface area contributed by atoms with Crippen molar-refractivity contribution in [2.45, 2.75) is 18.8 Å². The molecule has 0 saturated carbocycles. The summed E-state index contributed by atoms with van der Waals surface area (Å²) in [5.41, 5.74) is 1.45. The van der Waals surface area contributed by atoms with Crippen LogP contribution in [0.5, 0.6) is 17.2 Å². The molecule has 38 heavy (non-hydrogen) atoms. The Balaban J connectivity index is 1.56. The second-order valence-corrected chi connectivity index (χ2v) is 10.3. The Morgan fingerprint density at radius 1 is 1.08 bits per heavy atom. The molecular weight excluding hydrogens is 627 g/mol. The SMILES string of the molecule is CCc1ccc(N[C@@H]2NC(=O)/C(=C\c3cc(I)c(Oc4ccc([N+](=O)[O-])cc4[N+](=O)[O-])c(OC)c3)S2)cc1. The van der Waals surface area contributed by atoms with E-state index in [1.54, 1.807) is 18.2 Å². The van der Waals surface area contributed by atoms with E-state index in [4.69, 9.17) is 9.47 Å². The van der Waals surface area contributed by atoms with Gasteiger partial charge in [0.05, 0.1) is 31.5 Å². The number of carbonyl (C=O) groups is 1. The number of anilines is 1. The number of non-ortho nitro benzene ring substituents is 1. The quantitative estimate of drug-likeness (QED) is 0.122. The predicted molar refractivity (Wildman–Crippen MR) is 152 cm³/mol. The number of thioether (sulfide) groups is 1. The number of aryl methyl sites for hydroxylation is 1. The van der Waals surface area contributed by atoms with Gasteiger partial charge in [-0.15, -0.1) is 0 Å². The average molecular weight is 648 g/mol. The molecule has 3 aromatic rings. The van der Waals surface area contributed by atoms with Gasteiger partial charge in [0, 0.05) is 11.8 Å². The molecule has 2 N–H and O–H groups in total. The molecule has 1 amide bonds. The maximum Gasteiger partial charge on any atom is 0.318 e. The zero-order chi connectivity index (χ0) is 27.4. The third-order valence-corrected chi connectivity index (χ3v) is 7.33. The molecular formula is C25H21IN4O7S. The van der Waals surface area contributed by atoms with Gasteiger partial charge >= 0.3 is 5.69 Å². The molecule has 1 saturated heterocycles. The van der Waals surface area contributed by atoms with Crippen molar-refractivity contribution < 1.29 is 24.1 Å². The predicted octanol–water partition coefficient (Wildman–Crippen LogP) is 6.07. The lowest BCUT2D eigenvalue weighted by Crippen LogP contribution is -2.30. The number of nitro groups is 2. The first-order valence-corrected chi connectivity index (χ1v) is 13.2. The summed E-state index contributed by atoms with van der Waals surface area (Å²) >= 11 is 3.33. The third kappa shape index (κ3) is 6.16. The fraction of sp³-hybridized carbons (Fsp3) is 0.160. The standard InChI is InChI=1S/C25H21IN4O7S/c1-3-14-4-6-16(7-5-14)27-25-28-24(31)22(38-25)12-15-10-18(26)23(21(11-15)36-2)37-20-9-8-17(29(32)33)13-19(20)30(34)35/h4-13,25,27H,3H2,1-2H3,(H,28,31)/b22-12+/t25-/m1/s1. The molecule has 3 aromatic carbocycles. The summed E-state index contributed by atoms with van der Waals surface area (Å²) in [4.78, 5) is 34.1. The highest BCUT2D eigenvalue weighted by molar-refractivity contribution is 14.1. The maximum atomic E-state index is 12.6. The molecule has 1 heterocycles. The van der Waals surface area contributed by atoms with Crippen LogP contribution < -0.4 is 20.1 Å². The number of rotatable bonds is 9. The smallest absolute Gasteiger partial charge is 0.318 e. The topological polar surface area (TPSA) is 146 Å². The number of amides is 1. The fourth-order valence-electron chi connectivity index (χ4n) is 3.59. The molecule has 0 aromatic heterocycles. The Kier molecular flexibility index (Phi) is 8.36. The Morgan fingerprint density at radius 3 is 2.45 bits per heavy atom. The Bertz CT molecular complexity index is 1450. The van der Waals surface area contributed by atoms with Crippen molar-refractivity contribution in [1.29, 1.82) is 0 Å². The van der Waals surface area contributed by atoms with Crippen molar-refractivity contribution in [3.05, 3.63) is 94.4 Å². The molecule has 196 valence electrons. The lowest BCUT2D eigenvalue weighted by molar-refractivity contribution is -0.394. The van der Waals surface area contributed by atoms with Crippen LogP contribution >= 0.6 is 34.4 Å². The minimum absolute atomic E-state index is 0.172. The van der Waals surface area contributed by atoms with Gasteiger partial charge < -0.3 is 20.1 Å². The molecule has 4 rings (SSSR count).